The quantitative estimate of drug-likeness (QED) is 0.480. The standard InChI is InChI=1S/C22H30F2N4O2/c1-15-10-11-19(30-21(23)24)16(12-15)13-26-22(25-2)27-14-18(28(3)4)17-8-6-7-9-20(17)29-5/h6-12,18,21H,13-14H2,1-5H3,(H2,25,26,27). The number of halogens is 2. The van der Waals surface area contributed by atoms with Gasteiger partial charge in [-0.05, 0) is 33.2 Å². The molecule has 0 aromatic heterocycles. The van der Waals surface area contributed by atoms with Crippen LogP contribution in [0.25, 0.3) is 0 Å². The number of nitrogens with one attached hydrogen (secondary N) is 2. The lowest BCUT2D eigenvalue weighted by Gasteiger charge is -2.27. The average Bonchev–Trinajstić information content (AvgIpc) is 2.71. The van der Waals surface area contributed by atoms with Gasteiger partial charge in [0.15, 0.2) is 5.96 Å². The predicted molar refractivity (Wildman–Crippen MR) is 115 cm³/mol. The van der Waals surface area contributed by atoms with Gasteiger partial charge in [-0.15, -0.1) is 0 Å². The third-order valence-electron chi connectivity index (χ3n) is 4.69. The Morgan fingerprint density at radius 2 is 1.83 bits per heavy atom. The normalized spacial score (nSPS) is 12.8. The maximum Gasteiger partial charge on any atom is 0.387 e. The average molecular weight is 421 g/mol. The molecule has 0 saturated heterocycles. The minimum absolute atomic E-state index is 0.0383. The van der Waals surface area contributed by atoms with Gasteiger partial charge in [0.1, 0.15) is 11.5 Å². The lowest BCUT2D eigenvalue weighted by molar-refractivity contribution is -0.0504. The summed E-state index contributed by atoms with van der Waals surface area (Å²) in [5.74, 6) is 1.52. The van der Waals surface area contributed by atoms with Crippen LogP contribution in [0.15, 0.2) is 47.5 Å². The molecule has 0 bridgehead atoms. The van der Waals surface area contributed by atoms with Crippen molar-refractivity contribution in [3.63, 3.8) is 0 Å². The Hall–Kier alpha value is -2.87. The fourth-order valence-corrected chi connectivity index (χ4v) is 3.16. The van der Waals surface area contributed by atoms with Crippen LogP contribution in [-0.4, -0.2) is 52.3 Å². The highest BCUT2D eigenvalue weighted by Crippen LogP contribution is 2.27. The molecule has 6 nitrogen and oxygen atoms in total. The number of likely N-dealkylation sites (N-methyl/N-ethyl adjacent to an activating group) is 1. The lowest BCUT2D eigenvalue weighted by atomic mass is 10.0. The topological polar surface area (TPSA) is 58.1 Å². The Kier molecular flexibility index (Phi) is 8.86. The van der Waals surface area contributed by atoms with Crippen LogP contribution in [0.5, 0.6) is 11.5 Å². The molecule has 0 saturated carbocycles. The molecule has 164 valence electrons. The van der Waals surface area contributed by atoms with E-state index in [0.29, 0.717) is 24.6 Å². The Balaban J connectivity index is 2.06. The molecule has 0 spiro atoms. The van der Waals surface area contributed by atoms with Gasteiger partial charge in [-0.1, -0.05) is 35.9 Å². The van der Waals surface area contributed by atoms with E-state index in [1.54, 1.807) is 26.3 Å². The summed E-state index contributed by atoms with van der Waals surface area (Å²) in [6, 6.07) is 13.0. The molecule has 2 aromatic rings. The van der Waals surface area contributed by atoms with E-state index in [1.807, 2.05) is 51.4 Å². The number of methoxy groups -OCH3 is 1. The monoisotopic (exact) mass is 420 g/mol. The van der Waals surface area contributed by atoms with Crippen LogP contribution in [0.4, 0.5) is 8.78 Å². The Morgan fingerprint density at radius 1 is 1.10 bits per heavy atom. The van der Waals surface area contributed by atoms with Crippen LogP contribution in [0, 0.1) is 6.92 Å². The van der Waals surface area contributed by atoms with Crippen molar-refractivity contribution in [1.82, 2.24) is 15.5 Å². The first-order valence-corrected chi connectivity index (χ1v) is 9.64. The second-order valence-corrected chi connectivity index (χ2v) is 7.02. The minimum Gasteiger partial charge on any atom is -0.496 e. The van der Waals surface area contributed by atoms with Crippen molar-refractivity contribution in [2.75, 3.05) is 34.8 Å². The third-order valence-corrected chi connectivity index (χ3v) is 4.69. The molecular formula is C22H30F2N4O2. The van der Waals surface area contributed by atoms with E-state index in [4.69, 9.17) is 4.74 Å². The minimum atomic E-state index is -2.87. The predicted octanol–water partition coefficient (Wildman–Crippen LogP) is 3.57. The highest BCUT2D eigenvalue weighted by Gasteiger charge is 2.18. The number of ether oxygens (including phenoxy) is 2. The SMILES string of the molecule is CN=C(NCc1cc(C)ccc1OC(F)F)NCC(c1ccccc1OC)N(C)C. The van der Waals surface area contributed by atoms with Gasteiger partial charge in [0.2, 0.25) is 0 Å². The van der Waals surface area contributed by atoms with Crippen LogP contribution in [0.1, 0.15) is 22.7 Å². The van der Waals surface area contributed by atoms with Crippen molar-refractivity contribution in [3.05, 3.63) is 59.2 Å². The molecule has 0 radical (unpaired) electrons. The Labute approximate surface area is 176 Å². The zero-order valence-corrected chi connectivity index (χ0v) is 18.1. The molecule has 1 unspecified atom stereocenters. The van der Waals surface area contributed by atoms with Crippen molar-refractivity contribution >= 4 is 5.96 Å². The largest absolute Gasteiger partial charge is 0.496 e. The molecule has 0 heterocycles. The second-order valence-electron chi connectivity index (χ2n) is 7.02. The molecule has 8 heteroatoms. The number of aliphatic imine (C=N–C) groups is 1. The van der Waals surface area contributed by atoms with Crippen LogP contribution < -0.4 is 20.1 Å². The van der Waals surface area contributed by atoms with Gasteiger partial charge in [0, 0.05) is 31.3 Å². The summed E-state index contributed by atoms with van der Waals surface area (Å²) in [5.41, 5.74) is 2.65. The number of guanidine groups is 1. The molecule has 2 rings (SSSR count). The Morgan fingerprint density at radius 3 is 2.47 bits per heavy atom. The summed E-state index contributed by atoms with van der Waals surface area (Å²) in [7, 11) is 7.31. The van der Waals surface area contributed by atoms with Gasteiger partial charge in [-0.25, -0.2) is 0 Å². The number of hydrogen-bond donors (Lipinski definition) is 2. The van der Waals surface area contributed by atoms with Crippen molar-refractivity contribution in [1.29, 1.82) is 0 Å². The van der Waals surface area contributed by atoms with E-state index in [-0.39, 0.29) is 11.8 Å². The summed E-state index contributed by atoms with van der Waals surface area (Å²) in [4.78, 5) is 6.33. The fraction of sp³-hybridized carbons (Fsp3) is 0.409. The number of hydrogen-bond acceptors (Lipinski definition) is 4. The van der Waals surface area contributed by atoms with E-state index in [0.717, 1.165) is 16.9 Å². The molecule has 0 aliphatic heterocycles. The van der Waals surface area contributed by atoms with Crippen molar-refractivity contribution in [2.45, 2.75) is 26.1 Å². The van der Waals surface area contributed by atoms with Crippen LogP contribution in [0.3, 0.4) is 0 Å². The van der Waals surface area contributed by atoms with E-state index >= 15 is 0 Å². The smallest absolute Gasteiger partial charge is 0.387 e. The maximum absolute atomic E-state index is 12.7. The fourth-order valence-electron chi connectivity index (χ4n) is 3.16. The zero-order valence-electron chi connectivity index (χ0n) is 18.1. The van der Waals surface area contributed by atoms with Crippen molar-refractivity contribution < 1.29 is 18.3 Å². The number of alkyl halides is 2. The van der Waals surface area contributed by atoms with E-state index in [9.17, 15) is 8.78 Å². The highest BCUT2D eigenvalue weighted by molar-refractivity contribution is 5.79. The first-order valence-electron chi connectivity index (χ1n) is 9.64. The van der Waals surface area contributed by atoms with E-state index < -0.39 is 6.61 Å². The van der Waals surface area contributed by atoms with Gasteiger partial charge in [0.05, 0.1) is 13.2 Å². The van der Waals surface area contributed by atoms with Gasteiger partial charge >= 0.3 is 6.61 Å². The molecular weight excluding hydrogens is 390 g/mol. The number of benzene rings is 2. The van der Waals surface area contributed by atoms with Gasteiger partial charge in [-0.2, -0.15) is 8.78 Å². The number of para-hydroxylation sites is 1. The third kappa shape index (κ3) is 6.59. The van der Waals surface area contributed by atoms with Crippen molar-refractivity contribution in [3.8, 4) is 11.5 Å². The summed E-state index contributed by atoms with van der Waals surface area (Å²) in [5, 5.41) is 6.46. The molecule has 0 aliphatic rings. The van der Waals surface area contributed by atoms with Gasteiger partial charge in [-0.3, -0.25) is 4.99 Å². The second kappa shape index (κ2) is 11.3. The molecule has 30 heavy (non-hydrogen) atoms. The summed E-state index contributed by atoms with van der Waals surface area (Å²) in [6.45, 7) is -0.102. The van der Waals surface area contributed by atoms with Gasteiger partial charge in [0.25, 0.3) is 0 Å². The van der Waals surface area contributed by atoms with Gasteiger partial charge < -0.3 is 25.0 Å². The maximum atomic E-state index is 12.7. The highest BCUT2D eigenvalue weighted by atomic mass is 19.3. The number of rotatable bonds is 9. The van der Waals surface area contributed by atoms with E-state index in [2.05, 4.69) is 25.3 Å². The summed E-state index contributed by atoms with van der Waals surface area (Å²) in [6.07, 6.45) is 0. The van der Waals surface area contributed by atoms with Crippen LogP contribution in [-0.2, 0) is 6.54 Å². The lowest BCUT2D eigenvalue weighted by Crippen LogP contribution is -2.41. The zero-order chi connectivity index (χ0) is 22.1. The van der Waals surface area contributed by atoms with Crippen molar-refractivity contribution in [2.24, 2.45) is 4.99 Å². The Bertz CT molecular complexity index is 844. The molecule has 1 atom stereocenters. The summed E-state index contributed by atoms with van der Waals surface area (Å²) >= 11 is 0. The molecule has 0 fully saturated rings. The first kappa shape index (κ1) is 23.4. The molecule has 2 aromatic carbocycles. The first-order chi connectivity index (χ1) is 14.3. The molecule has 0 aliphatic carbocycles. The number of aryl methyl sites for hydroxylation is 1. The molecule has 0 amide bonds. The van der Waals surface area contributed by atoms with E-state index in [1.165, 1.54) is 0 Å². The molecule has 2 N–H and O–H groups in total. The summed E-state index contributed by atoms with van der Waals surface area (Å²) < 4.78 is 35.5. The van der Waals surface area contributed by atoms with Crippen LogP contribution in [0.2, 0.25) is 0 Å². The number of nitrogens with zero attached hydrogens (tertiary/aromatic N) is 2. The van der Waals surface area contributed by atoms with Crippen LogP contribution >= 0.6 is 0 Å².